The molecule has 7 aromatic carbocycles. The van der Waals surface area contributed by atoms with Crippen LogP contribution in [0.2, 0.25) is 0 Å². The van der Waals surface area contributed by atoms with Crippen molar-refractivity contribution in [3.8, 4) is 51.3 Å². The standard InChI is InChI=1S/C50H33N5O/c1-32-15-14-20-35-30-45-47(56-46-26-13-12-25-44(46)54(45)41-23-10-8-21-37(32)41)31-39(35)36-27-28-43-40(29-36)38-22-9-11-24-42(38)55(43)50-52-48(33-16-4-2-5-17-33)51-49(53-50)34-18-6-3-7-19-34/h2-31H,1H3/b20-14-,32-15+. The molecule has 2 bridgehead atoms. The number of ether oxygens (including phenoxy) is 1. The third-order valence-electron chi connectivity index (χ3n) is 10.8. The Balaban J connectivity index is 1.12. The van der Waals surface area contributed by atoms with Gasteiger partial charge < -0.3 is 9.64 Å². The van der Waals surface area contributed by atoms with E-state index < -0.39 is 0 Å². The van der Waals surface area contributed by atoms with Crippen molar-refractivity contribution in [2.45, 2.75) is 6.92 Å². The van der Waals surface area contributed by atoms with Crippen molar-refractivity contribution in [2.24, 2.45) is 0 Å². The molecule has 0 spiro atoms. The Morgan fingerprint density at radius 1 is 0.482 bits per heavy atom. The monoisotopic (exact) mass is 719 g/mol. The fraction of sp³-hybridized carbons (Fsp3) is 0.0200. The third kappa shape index (κ3) is 5.15. The molecule has 6 nitrogen and oxygen atoms in total. The first-order valence-electron chi connectivity index (χ1n) is 18.8. The molecule has 0 saturated heterocycles. The summed E-state index contributed by atoms with van der Waals surface area (Å²) in [4.78, 5) is 17.5. The first kappa shape index (κ1) is 31.9. The van der Waals surface area contributed by atoms with Gasteiger partial charge in [-0.1, -0.05) is 133 Å². The topological polar surface area (TPSA) is 56.1 Å². The Labute approximate surface area is 324 Å². The van der Waals surface area contributed by atoms with Gasteiger partial charge in [-0.3, -0.25) is 4.57 Å². The molecule has 0 aliphatic carbocycles. The molecule has 0 saturated carbocycles. The highest BCUT2D eigenvalue weighted by Gasteiger charge is 2.29. The number of fused-ring (bicyclic) bond motifs is 8. The lowest BCUT2D eigenvalue weighted by Crippen LogP contribution is -2.17. The van der Waals surface area contributed by atoms with Crippen molar-refractivity contribution in [1.82, 2.24) is 19.5 Å². The average Bonchev–Trinajstić information content (AvgIpc) is 3.59. The van der Waals surface area contributed by atoms with E-state index in [2.05, 4.69) is 126 Å². The van der Waals surface area contributed by atoms with E-state index in [0.717, 1.165) is 78.2 Å². The predicted octanol–water partition coefficient (Wildman–Crippen LogP) is 13.0. The minimum Gasteiger partial charge on any atom is -0.453 e. The van der Waals surface area contributed by atoms with Crippen LogP contribution in [0.3, 0.4) is 0 Å². The molecule has 2 aliphatic heterocycles. The van der Waals surface area contributed by atoms with Crippen LogP contribution in [0, 0.1) is 0 Å². The summed E-state index contributed by atoms with van der Waals surface area (Å²) in [6.45, 7) is 2.18. The van der Waals surface area contributed by atoms with Crippen LogP contribution in [0.25, 0.3) is 73.3 Å². The van der Waals surface area contributed by atoms with E-state index in [1.807, 2.05) is 72.8 Å². The molecule has 0 radical (unpaired) electrons. The lowest BCUT2D eigenvalue weighted by molar-refractivity contribution is 0.477. The number of anilines is 3. The molecule has 0 fully saturated rings. The molecule has 0 N–H and O–H groups in total. The van der Waals surface area contributed by atoms with Gasteiger partial charge in [-0.15, -0.1) is 0 Å². The van der Waals surface area contributed by atoms with E-state index in [1.165, 1.54) is 11.1 Å². The van der Waals surface area contributed by atoms with Crippen LogP contribution < -0.4 is 9.64 Å². The molecule has 264 valence electrons. The summed E-state index contributed by atoms with van der Waals surface area (Å²) in [6, 6.07) is 56.7. The van der Waals surface area contributed by atoms with E-state index in [-0.39, 0.29) is 0 Å². The van der Waals surface area contributed by atoms with Crippen LogP contribution in [0.4, 0.5) is 17.1 Å². The summed E-state index contributed by atoms with van der Waals surface area (Å²) in [6.07, 6.45) is 6.57. The second-order valence-corrected chi connectivity index (χ2v) is 14.1. The van der Waals surface area contributed by atoms with Crippen molar-refractivity contribution in [1.29, 1.82) is 0 Å². The molecular formula is C50H33N5O. The lowest BCUT2D eigenvalue weighted by Gasteiger charge is -2.35. The Morgan fingerprint density at radius 2 is 1.14 bits per heavy atom. The predicted molar refractivity (Wildman–Crippen MR) is 228 cm³/mol. The number of aromatic nitrogens is 4. The molecule has 56 heavy (non-hydrogen) atoms. The molecule has 2 aliphatic rings. The fourth-order valence-corrected chi connectivity index (χ4v) is 8.11. The van der Waals surface area contributed by atoms with E-state index in [0.29, 0.717) is 17.6 Å². The maximum atomic E-state index is 6.72. The van der Waals surface area contributed by atoms with Crippen LogP contribution in [0.15, 0.2) is 176 Å². The third-order valence-corrected chi connectivity index (χ3v) is 10.8. The van der Waals surface area contributed by atoms with Gasteiger partial charge >= 0.3 is 0 Å². The number of nitrogens with zero attached hydrogens (tertiary/aromatic N) is 5. The number of hydrogen-bond donors (Lipinski definition) is 0. The molecular weight excluding hydrogens is 687 g/mol. The molecule has 11 rings (SSSR count). The molecule has 0 atom stereocenters. The Bertz CT molecular complexity index is 3010. The number of benzene rings is 7. The first-order chi connectivity index (χ1) is 27.7. The van der Waals surface area contributed by atoms with E-state index in [1.54, 1.807) is 0 Å². The zero-order valence-electron chi connectivity index (χ0n) is 30.5. The van der Waals surface area contributed by atoms with Gasteiger partial charge in [-0.25, -0.2) is 4.98 Å². The summed E-state index contributed by atoms with van der Waals surface area (Å²) in [5.74, 6) is 3.44. The summed E-state index contributed by atoms with van der Waals surface area (Å²) >= 11 is 0. The van der Waals surface area contributed by atoms with Gasteiger partial charge in [0.15, 0.2) is 23.1 Å². The van der Waals surface area contributed by atoms with Gasteiger partial charge in [-0.05, 0) is 77.7 Å². The average molecular weight is 720 g/mol. The van der Waals surface area contributed by atoms with Gasteiger partial charge in [0.25, 0.3) is 0 Å². The fourth-order valence-electron chi connectivity index (χ4n) is 8.11. The van der Waals surface area contributed by atoms with E-state index in [9.17, 15) is 0 Å². The minimum absolute atomic E-state index is 0.568. The van der Waals surface area contributed by atoms with Crippen molar-refractivity contribution in [2.75, 3.05) is 4.90 Å². The zero-order chi connectivity index (χ0) is 37.2. The van der Waals surface area contributed by atoms with Crippen LogP contribution in [-0.4, -0.2) is 19.5 Å². The maximum Gasteiger partial charge on any atom is 0.238 e. The number of para-hydroxylation sites is 4. The van der Waals surface area contributed by atoms with Gasteiger partial charge in [0, 0.05) is 27.5 Å². The Morgan fingerprint density at radius 3 is 1.93 bits per heavy atom. The summed E-state index contributed by atoms with van der Waals surface area (Å²) < 4.78 is 8.88. The van der Waals surface area contributed by atoms with Gasteiger partial charge in [0.1, 0.15) is 0 Å². The molecule has 0 unspecified atom stereocenters. The summed E-state index contributed by atoms with van der Waals surface area (Å²) in [5, 5.41) is 2.22. The number of hydrogen-bond acceptors (Lipinski definition) is 5. The Hall–Kier alpha value is -7.57. The lowest BCUT2D eigenvalue weighted by atomic mass is 9.94. The van der Waals surface area contributed by atoms with E-state index >= 15 is 0 Å². The van der Waals surface area contributed by atoms with Crippen LogP contribution >= 0.6 is 0 Å². The van der Waals surface area contributed by atoms with Crippen LogP contribution in [-0.2, 0) is 0 Å². The highest BCUT2D eigenvalue weighted by atomic mass is 16.5. The molecule has 4 heterocycles. The minimum atomic E-state index is 0.568. The number of rotatable bonds is 4. The maximum absolute atomic E-state index is 6.72. The highest BCUT2D eigenvalue weighted by Crippen LogP contribution is 2.53. The number of allylic oxidation sites excluding steroid dienone is 3. The normalized spacial score (nSPS) is 14.4. The molecule has 6 heteroatoms. The molecule has 0 amide bonds. The molecule has 2 aromatic heterocycles. The van der Waals surface area contributed by atoms with Gasteiger partial charge in [-0.2, -0.15) is 9.97 Å². The van der Waals surface area contributed by atoms with Crippen LogP contribution in [0.1, 0.15) is 18.1 Å². The van der Waals surface area contributed by atoms with Crippen molar-refractivity contribution >= 4 is 50.5 Å². The molecule has 9 aromatic rings. The Kier molecular flexibility index (Phi) is 7.29. The van der Waals surface area contributed by atoms with E-state index in [4.69, 9.17) is 19.7 Å². The first-order valence-corrected chi connectivity index (χ1v) is 18.8. The largest absolute Gasteiger partial charge is 0.453 e. The smallest absolute Gasteiger partial charge is 0.238 e. The summed E-state index contributed by atoms with van der Waals surface area (Å²) in [5.41, 5.74) is 12.7. The summed E-state index contributed by atoms with van der Waals surface area (Å²) in [7, 11) is 0. The van der Waals surface area contributed by atoms with Gasteiger partial charge in [0.05, 0.1) is 28.1 Å². The quantitative estimate of drug-likeness (QED) is 0.181. The SMILES string of the molecule is C/C1=C\C=C/c2cc3c(cc2-c2ccc4c(c2)c2ccccc2n4-c2nc(-c4ccccc4)nc(-c4ccccc4)n2)Oc2ccccc2N3c2ccccc21. The van der Waals surface area contributed by atoms with Crippen LogP contribution in [0.5, 0.6) is 11.5 Å². The second-order valence-electron chi connectivity index (χ2n) is 14.1. The van der Waals surface area contributed by atoms with Gasteiger partial charge in [0.2, 0.25) is 5.95 Å². The second kappa shape index (κ2) is 12.8. The zero-order valence-corrected chi connectivity index (χ0v) is 30.5. The van der Waals surface area contributed by atoms with Crippen molar-refractivity contribution < 1.29 is 4.74 Å². The highest BCUT2D eigenvalue weighted by molar-refractivity contribution is 6.10. The van der Waals surface area contributed by atoms with Crippen molar-refractivity contribution in [3.05, 3.63) is 187 Å². The van der Waals surface area contributed by atoms with Crippen molar-refractivity contribution in [3.63, 3.8) is 0 Å².